The van der Waals surface area contributed by atoms with Crippen molar-refractivity contribution in [2.75, 3.05) is 25.0 Å². The Kier molecular flexibility index (Phi) is 5.48. The van der Waals surface area contributed by atoms with Crippen LogP contribution in [0.1, 0.15) is 24.8 Å². The number of alkyl halides is 3. The van der Waals surface area contributed by atoms with Crippen LogP contribution in [-0.4, -0.2) is 39.3 Å². The molecule has 3 rings (SSSR count). The molecule has 2 aromatic rings. The highest BCUT2D eigenvalue weighted by molar-refractivity contribution is 6.33. The first-order valence-corrected chi connectivity index (χ1v) is 8.54. The lowest BCUT2D eigenvalue weighted by Crippen LogP contribution is -2.32. The quantitative estimate of drug-likeness (QED) is 0.854. The van der Waals surface area contributed by atoms with Crippen molar-refractivity contribution in [2.24, 2.45) is 0 Å². The number of hydrogen-bond acceptors (Lipinski definition) is 4. The summed E-state index contributed by atoms with van der Waals surface area (Å²) in [5.74, 6) is 0.172. The van der Waals surface area contributed by atoms with Crippen molar-refractivity contribution in [1.82, 2.24) is 19.7 Å². The molecule has 0 aliphatic carbocycles. The second-order valence-corrected chi connectivity index (χ2v) is 6.48. The van der Waals surface area contributed by atoms with Gasteiger partial charge < -0.3 is 10.2 Å². The molecule has 5 nitrogen and oxygen atoms in total. The number of halogens is 4. The van der Waals surface area contributed by atoms with Gasteiger partial charge in [0.1, 0.15) is 5.82 Å². The molecule has 9 heteroatoms. The zero-order chi connectivity index (χ0) is 17.9. The summed E-state index contributed by atoms with van der Waals surface area (Å²) in [6.45, 7) is 3.94. The lowest BCUT2D eigenvalue weighted by molar-refractivity contribution is -0.137. The van der Waals surface area contributed by atoms with Gasteiger partial charge in [0.2, 0.25) is 0 Å². The number of aromatic nitrogens is 3. The molecule has 2 aromatic heterocycles. The molecule has 0 unspecified atom stereocenters. The molecule has 0 amide bonds. The van der Waals surface area contributed by atoms with E-state index in [1.54, 1.807) is 17.1 Å². The Hall–Kier alpha value is -1.80. The minimum absolute atomic E-state index is 0.0871. The molecule has 0 spiro atoms. The van der Waals surface area contributed by atoms with Gasteiger partial charge in [-0.3, -0.25) is 4.68 Å². The first-order valence-electron chi connectivity index (χ1n) is 8.16. The Balaban J connectivity index is 1.59. The van der Waals surface area contributed by atoms with E-state index in [4.69, 9.17) is 11.6 Å². The van der Waals surface area contributed by atoms with Crippen molar-refractivity contribution >= 4 is 23.1 Å². The van der Waals surface area contributed by atoms with E-state index in [1.807, 2.05) is 0 Å². The van der Waals surface area contributed by atoms with Crippen LogP contribution < -0.4 is 5.32 Å². The highest BCUT2D eigenvalue weighted by atomic mass is 35.5. The maximum absolute atomic E-state index is 12.6. The topological polar surface area (TPSA) is 46.0 Å². The molecule has 0 bridgehead atoms. The molecule has 0 radical (unpaired) electrons. The van der Waals surface area contributed by atoms with Gasteiger partial charge in [-0.15, -0.1) is 0 Å². The normalized spacial score (nSPS) is 16.2. The average molecular weight is 374 g/mol. The number of nitrogens with one attached hydrogen (secondary N) is 1. The summed E-state index contributed by atoms with van der Waals surface area (Å²) < 4.78 is 39.7. The van der Waals surface area contributed by atoms with Crippen LogP contribution in [-0.2, 0) is 12.7 Å². The zero-order valence-electron chi connectivity index (χ0n) is 13.6. The number of hydrogen-bond donors (Lipinski definition) is 1. The molecular formula is C16H19ClF3N5. The predicted octanol–water partition coefficient (Wildman–Crippen LogP) is 4.18. The van der Waals surface area contributed by atoms with E-state index >= 15 is 0 Å². The third-order valence-corrected chi connectivity index (χ3v) is 4.45. The molecule has 1 N–H and O–H groups in total. The van der Waals surface area contributed by atoms with E-state index in [9.17, 15) is 13.2 Å². The van der Waals surface area contributed by atoms with E-state index in [1.165, 1.54) is 19.3 Å². The van der Waals surface area contributed by atoms with E-state index in [-0.39, 0.29) is 10.8 Å². The van der Waals surface area contributed by atoms with Crippen LogP contribution in [0.15, 0.2) is 24.7 Å². The van der Waals surface area contributed by atoms with Crippen LogP contribution in [0.5, 0.6) is 0 Å². The minimum atomic E-state index is -4.46. The lowest BCUT2D eigenvalue weighted by atomic mass is 10.1. The highest BCUT2D eigenvalue weighted by Gasteiger charge is 2.31. The van der Waals surface area contributed by atoms with Crippen molar-refractivity contribution in [3.8, 4) is 0 Å². The Labute approximate surface area is 148 Å². The van der Waals surface area contributed by atoms with Gasteiger partial charge in [0.15, 0.2) is 0 Å². The van der Waals surface area contributed by atoms with Crippen molar-refractivity contribution in [3.05, 3.63) is 35.2 Å². The van der Waals surface area contributed by atoms with Crippen molar-refractivity contribution < 1.29 is 13.2 Å². The van der Waals surface area contributed by atoms with Crippen molar-refractivity contribution in [2.45, 2.75) is 32.0 Å². The SMILES string of the molecule is FC(F)(F)c1cnc(Nc2cnn(CCN3CCCCC3)c2)c(Cl)c1. The number of anilines is 2. The number of likely N-dealkylation sites (tertiary alicyclic amines) is 1. The fraction of sp³-hybridized carbons (Fsp3) is 0.500. The maximum atomic E-state index is 12.6. The van der Waals surface area contributed by atoms with Crippen LogP contribution in [0, 0.1) is 0 Å². The second-order valence-electron chi connectivity index (χ2n) is 6.07. The van der Waals surface area contributed by atoms with Gasteiger partial charge in [0.25, 0.3) is 0 Å². The van der Waals surface area contributed by atoms with Crippen molar-refractivity contribution in [1.29, 1.82) is 0 Å². The zero-order valence-corrected chi connectivity index (χ0v) is 14.3. The van der Waals surface area contributed by atoms with Gasteiger partial charge in [-0.05, 0) is 32.0 Å². The Morgan fingerprint density at radius 3 is 2.56 bits per heavy atom. The fourth-order valence-electron chi connectivity index (χ4n) is 2.80. The molecule has 136 valence electrons. The molecule has 1 aliphatic rings. The van der Waals surface area contributed by atoms with Gasteiger partial charge in [0.05, 0.1) is 29.0 Å². The maximum Gasteiger partial charge on any atom is 0.417 e. The van der Waals surface area contributed by atoms with E-state index in [2.05, 4.69) is 20.3 Å². The fourth-order valence-corrected chi connectivity index (χ4v) is 3.01. The summed E-state index contributed by atoms with van der Waals surface area (Å²) in [4.78, 5) is 6.17. The highest BCUT2D eigenvalue weighted by Crippen LogP contribution is 2.33. The molecule has 1 saturated heterocycles. The summed E-state index contributed by atoms with van der Waals surface area (Å²) in [5, 5.41) is 7.07. The summed E-state index contributed by atoms with van der Waals surface area (Å²) in [5.41, 5.74) is -0.243. The average Bonchev–Trinajstić information content (AvgIpc) is 3.02. The summed E-state index contributed by atoms with van der Waals surface area (Å²) in [6, 6.07) is 0.859. The number of rotatable bonds is 5. The monoisotopic (exact) mass is 373 g/mol. The summed E-state index contributed by atoms with van der Waals surface area (Å²) in [7, 11) is 0. The van der Waals surface area contributed by atoms with E-state index < -0.39 is 11.7 Å². The third-order valence-electron chi connectivity index (χ3n) is 4.16. The van der Waals surface area contributed by atoms with Gasteiger partial charge in [0, 0.05) is 18.9 Å². The largest absolute Gasteiger partial charge is 0.417 e. The van der Waals surface area contributed by atoms with E-state index in [0.29, 0.717) is 5.69 Å². The predicted molar refractivity (Wildman–Crippen MR) is 90.0 cm³/mol. The molecule has 1 aliphatic heterocycles. The first kappa shape index (κ1) is 18.0. The molecule has 3 heterocycles. The second kappa shape index (κ2) is 7.61. The number of pyridine rings is 1. The number of piperidine rings is 1. The molecule has 1 fully saturated rings. The Morgan fingerprint density at radius 1 is 1.12 bits per heavy atom. The van der Waals surface area contributed by atoms with Crippen LogP contribution in [0.2, 0.25) is 5.02 Å². The first-order chi connectivity index (χ1) is 11.9. The van der Waals surface area contributed by atoms with Gasteiger partial charge in [-0.1, -0.05) is 18.0 Å². The Bertz CT molecular complexity index is 710. The molecular weight excluding hydrogens is 355 g/mol. The molecule has 0 saturated carbocycles. The van der Waals surface area contributed by atoms with Gasteiger partial charge in [-0.25, -0.2) is 4.98 Å². The Morgan fingerprint density at radius 2 is 1.88 bits per heavy atom. The lowest BCUT2D eigenvalue weighted by Gasteiger charge is -2.26. The molecule has 25 heavy (non-hydrogen) atoms. The summed E-state index contributed by atoms with van der Waals surface area (Å²) >= 11 is 5.90. The smallest absolute Gasteiger partial charge is 0.336 e. The van der Waals surface area contributed by atoms with Crippen LogP contribution >= 0.6 is 11.6 Å². The van der Waals surface area contributed by atoms with Gasteiger partial charge >= 0.3 is 6.18 Å². The van der Waals surface area contributed by atoms with Gasteiger partial charge in [-0.2, -0.15) is 18.3 Å². The number of nitrogens with zero attached hydrogens (tertiary/aromatic N) is 4. The minimum Gasteiger partial charge on any atom is -0.336 e. The van der Waals surface area contributed by atoms with Crippen molar-refractivity contribution in [3.63, 3.8) is 0 Å². The van der Waals surface area contributed by atoms with E-state index in [0.717, 1.165) is 38.4 Å². The molecule has 0 atom stereocenters. The van der Waals surface area contributed by atoms with Crippen LogP contribution in [0.3, 0.4) is 0 Å². The van der Waals surface area contributed by atoms with Crippen LogP contribution in [0.25, 0.3) is 0 Å². The molecule has 0 aromatic carbocycles. The van der Waals surface area contributed by atoms with Crippen LogP contribution in [0.4, 0.5) is 24.7 Å². The summed E-state index contributed by atoms with van der Waals surface area (Å²) in [6.07, 6.45) is 3.47. The standard InChI is InChI=1S/C16H19ClF3N5/c17-14-8-12(16(18,19)20)9-21-15(14)23-13-10-22-25(11-13)7-6-24-4-2-1-3-5-24/h8-11H,1-7H2,(H,21,23). The third kappa shape index (κ3) is 4.85.